The Morgan fingerprint density at radius 2 is 0.958 bits per heavy atom. The number of hydroxylamine groups is 1. The fraction of sp³-hybridized carbons (Fsp3) is 0.950. The Hall–Kier alpha value is 0.160. The molecule has 0 aromatic carbocycles. The quantitative estimate of drug-likeness (QED) is 0.0763. The average Bonchev–Trinajstić information content (AvgIpc) is 2.57. The van der Waals surface area contributed by atoms with E-state index < -0.39 is 0 Å². The summed E-state index contributed by atoms with van der Waals surface area (Å²) in [6.45, 7) is 2.28. The SMILES string of the molecule is CCCCCCCCCCCCCCCCCCCC(=O)N(O)I. The predicted molar refractivity (Wildman–Crippen MR) is 111 cm³/mol. The van der Waals surface area contributed by atoms with Crippen molar-refractivity contribution in [2.24, 2.45) is 0 Å². The lowest BCUT2D eigenvalue weighted by Gasteiger charge is -2.05. The summed E-state index contributed by atoms with van der Waals surface area (Å²) in [6, 6.07) is 0. The molecule has 0 aromatic heterocycles. The maximum atomic E-state index is 11.2. The van der Waals surface area contributed by atoms with E-state index in [0.29, 0.717) is 9.70 Å². The molecule has 0 atom stereocenters. The number of amides is 1. The van der Waals surface area contributed by atoms with E-state index in [-0.39, 0.29) is 5.91 Å². The van der Waals surface area contributed by atoms with Gasteiger partial charge in [0.1, 0.15) is 0 Å². The van der Waals surface area contributed by atoms with Crippen molar-refractivity contribution in [1.82, 2.24) is 3.28 Å². The Bertz CT molecular complexity index is 272. The molecule has 0 radical (unpaired) electrons. The zero-order valence-electron chi connectivity index (χ0n) is 15.9. The average molecular weight is 453 g/mol. The molecule has 24 heavy (non-hydrogen) atoms. The molecule has 4 heteroatoms. The number of halogens is 1. The molecule has 1 N–H and O–H groups in total. The van der Waals surface area contributed by atoms with Crippen LogP contribution in [-0.2, 0) is 4.79 Å². The predicted octanol–water partition coefficient (Wildman–Crippen LogP) is 7.60. The van der Waals surface area contributed by atoms with Crippen molar-refractivity contribution in [3.63, 3.8) is 0 Å². The van der Waals surface area contributed by atoms with Crippen molar-refractivity contribution in [2.75, 3.05) is 0 Å². The highest BCUT2D eigenvalue weighted by Gasteiger charge is 2.05. The number of carbonyl (C=O) groups excluding carboxylic acids is 1. The Morgan fingerprint density at radius 3 is 1.25 bits per heavy atom. The van der Waals surface area contributed by atoms with Crippen molar-refractivity contribution in [3.8, 4) is 0 Å². The second-order valence-corrected chi connectivity index (χ2v) is 7.97. The molecule has 1 amide bonds. The second kappa shape index (κ2) is 19.5. The van der Waals surface area contributed by atoms with E-state index in [9.17, 15) is 4.79 Å². The third-order valence-corrected chi connectivity index (χ3v) is 5.24. The lowest BCUT2D eigenvalue weighted by atomic mass is 10.0. The minimum Gasteiger partial charge on any atom is -0.276 e. The standard InChI is InChI=1S/C20H40INO2/c1-2-3-4-5-6-7-8-9-10-11-12-13-14-15-16-17-18-19-20(23)22(21)24/h24H,2-19H2,1H3. The first-order valence-corrected chi connectivity index (χ1v) is 11.3. The van der Waals surface area contributed by atoms with E-state index in [4.69, 9.17) is 5.21 Å². The van der Waals surface area contributed by atoms with Crippen LogP contribution in [0.25, 0.3) is 0 Å². The third-order valence-electron chi connectivity index (χ3n) is 4.70. The molecule has 144 valence electrons. The molecular weight excluding hydrogens is 413 g/mol. The van der Waals surface area contributed by atoms with Crippen LogP contribution >= 0.6 is 22.9 Å². The fourth-order valence-electron chi connectivity index (χ4n) is 3.09. The van der Waals surface area contributed by atoms with Gasteiger partial charge >= 0.3 is 0 Å². The highest BCUT2D eigenvalue weighted by molar-refractivity contribution is 14.1. The molecule has 0 bridgehead atoms. The minimum atomic E-state index is -0.184. The van der Waals surface area contributed by atoms with Crippen LogP contribution in [0.4, 0.5) is 0 Å². The largest absolute Gasteiger partial charge is 0.276 e. The monoisotopic (exact) mass is 453 g/mol. The molecule has 0 rings (SSSR count). The number of nitrogens with zero attached hydrogens (tertiary/aromatic N) is 1. The van der Waals surface area contributed by atoms with E-state index in [0.717, 1.165) is 12.8 Å². The van der Waals surface area contributed by atoms with Crippen LogP contribution in [0.15, 0.2) is 0 Å². The molecule has 0 saturated carbocycles. The molecule has 0 saturated heterocycles. The lowest BCUT2D eigenvalue weighted by Crippen LogP contribution is -2.15. The van der Waals surface area contributed by atoms with Gasteiger partial charge in [-0.2, -0.15) is 3.28 Å². The van der Waals surface area contributed by atoms with Gasteiger partial charge in [0, 0.05) is 6.42 Å². The van der Waals surface area contributed by atoms with Gasteiger partial charge in [-0.25, -0.2) is 0 Å². The fourth-order valence-corrected chi connectivity index (χ4v) is 3.33. The topological polar surface area (TPSA) is 40.5 Å². The summed E-state index contributed by atoms with van der Waals surface area (Å²) >= 11 is 1.61. The van der Waals surface area contributed by atoms with Crippen molar-refractivity contribution in [2.45, 2.75) is 122 Å². The van der Waals surface area contributed by atoms with E-state index in [1.165, 1.54) is 96.3 Å². The first-order chi connectivity index (χ1) is 11.7. The highest BCUT2D eigenvalue weighted by atomic mass is 127. The molecule has 0 aliphatic heterocycles. The number of carbonyl (C=O) groups is 1. The number of rotatable bonds is 18. The van der Waals surface area contributed by atoms with E-state index in [1.54, 1.807) is 22.9 Å². The van der Waals surface area contributed by atoms with E-state index >= 15 is 0 Å². The summed E-state index contributed by atoms with van der Waals surface area (Å²) in [6.07, 6.45) is 23.3. The first-order valence-electron chi connectivity index (χ1n) is 10.4. The van der Waals surface area contributed by atoms with Gasteiger partial charge in [-0.15, -0.1) is 0 Å². The molecule has 0 aliphatic rings. The van der Waals surface area contributed by atoms with Crippen molar-refractivity contribution in [3.05, 3.63) is 0 Å². The number of hydrogen-bond acceptors (Lipinski definition) is 2. The summed E-state index contributed by atoms with van der Waals surface area (Å²) in [5.74, 6) is -0.184. The van der Waals surface area contributed by atoms with Crippen LogP contribution in [0, 0.1) is 0 Å². The van der Waals surface area contributed by atoms with Crippen molar-refractivity contribution < 1.29 is 10.0 Å². The third kappa shape index (κ3) is 18.5. The Balaban J connectivity index is 3.04. The van der Waals surface area contributed by atoms with E-state index in [1.807, 2.05) is 0 Å². The van der Waals surface area contributed by atoms with Crippen LogP contribution in [0.1, 0.15) is 122 Å². The van der Waals surface area contributed by atoms with Crippen LogP contribution < -0.4 is 0 Å². The number of unbranched alkanes of at least 4 members (excludes halogenated alkanes) is 16. The summed E-state index contributed by atoms with van der Waals surface area (Å²) in [5, 5.41) is 8.93. The van der Waals surface area contributed by atoms with Crippen LogP contribution in [0.5, 0.6) is 0 Å². The molecule has 3 nitrogen and oxygen atoms in total. The molecule has 0 unspecified atom stereocenters. The molecule has 0 aliphatic carbocycles. The summed E-state index contributed by atoms with van der Waals surface area (Å²) in [5.41, 5.74) is 0. The van der Waals surface area contributed by atoms with Gasteiger partial charge in [0.2, 0.25) is 0 Å². The van der Waals surface area contributed by atoms with Crippen LogP contribution in [0.3, 0.4) is 0 Å². The molecule has 0 spiro atoms. The van der Waals surface area contributed by atoms with Gasteiger partial charge in [0.15, 0.2) is 0 Å². The molecular formula is C20H40INO2. The van der Waals surface area contributed by atoms with Gasteiger partial charge in [-0.1, -0.05) is 110 Å². The molecule has 0 aromatic rings. The Morgan fingerprint density at radius 1 is 0.667 bits per heavy atom. The van der Waals surface area contributed by atoms with Gasteiger partial charge in [-0.05, 0) is 6.42 Å². The van der Waals surface area contributed by atoms with Crippen molar-refractivity contribution >= 4 is 28.8 Å². The smallest absolute Gasteiger partial charge is 0.255 e. The van der Waals surface area contributed by atoms with Crippen molar-refractivity contribution in [1.29, 1.82) is 0 Å². The Kier molecular flexibility index (Phi) is 19.6. The Labute approximate surface area is 164 Å². The van der Waals surface area contributed by atoms with Gasteiger partial charge < -0.3 is 0 Å². The minimum absolute atomic E-state index is 0.184. The van der Waals surface area contributed by atoms with Crippen LogP contribution in [-0.4, -0.2) is 14.4 Å². The van der Waals surface area contributed by atoms with Gasteiger partial charge in [-0.3, -0.25) is 10.0 Å². The maximum absolute atomic E-state index is 11.2. The van der Waals surface area contributed by atoms with Crippen LogP contribution in [0.2, 0.25) is 0 Å². The zero-order valence-corrected chi connectivity index (χ0v) is 18.1. The molecule has 0 heterocycles. The van der Waals surface area contributed by atoms with Gasteiger partial charge in [0.25, 0.3) is 5.91 Å². The highest BCUT2D eigenvalue weighted by Crippen LogP contribution is 2.14. The maximum Gasteiger partial charge on any atom is 0.255 e. The lowest BCUT2D eigenvalue weighted by molar-refractivity contribution is -0.141. The summed E-state index contributed by atoms with van der Waals surface area (Å²) in [7, 11) is 0. The zero-order chi connectivity index (χ0) is 17.9. The second-order valence-electron chi connectivity index (χ2n) is 7.06. The van der Waals surface area contributed by atoms with Gasteiger partial charge in [0.05, 0.1) is 22.9 Å². The summed E-state index contributed by atoms with van der Waals surface area (Å²) < 4.78 is 0.671. The normalized spacial score (nSPS) is 11.0. The molecule has 0 fully saturated rings. The number of hydrogen-bond donors (Lipinski definition) is 1. The first kappa shape index (κ1) is 24.2. The van der Waals surface area contributed by atoms with E-state index in [2.05, 4.69) is 6.92 Å². The summed E-state index contributed by atoms with van der Waals surface area (Å²) in [4.78, 5) is 11.2.